The van der Waals surface area contributed by atoms with Gasteiger partial charge < -0.3 is 15.0 Å². The summed E-state index contributed by atoms with van der Waals surface area (Å²) in [6, 6.07) is 2.42. The topological polar surface area (TPSA) is 41.6 Å². The molecule has 124 valence electrons. The molecule has 3 unspecified atom stereocenters. The molecule has 0 saturated carbocycles. The van der Waals surface area contributed by atoms with Crippen molar-refractivity contribution in [1.82, 2.24) is 10.2 Å². The number of nitrogens with one attached hydrogen (secondary N) is 1. The molecule has 0 aromatic carbocycles. The molecule has 1 aromatic rings. The SMILES string of the molecule is CC1CN(C(=O)CC2CSCCN2)CC(c2ccsc2)O1.Cl. The van der Waals surface area contributed by atoms with Crippen molar-refractivity contribution in [1.29, 1.82) is 0 Å². The molecule has 0 spiro atoms. The van der Waals surface area contributed by atoms with Gasteiger partial charge >= 0.3 is 0 Å². The van der Waals surface area contributed by atoms with E-state index in [1.165, 1.54) is 5.56 Å². The molecule has 3 atom stereocenters. The fraction of sp³-hybridized carbons (Fsp3) is 0.667. The predicted molar refractivity (Wildman–Crippen MR) is 95.2 cm³/mol. The van der Waals surface area contributed by atoms with Gasteiger partial charge in [-0.1, -0.05) is 0 Å². The molecule has 2 saturated heterocycles. The maximum atomic E-state index is 12.6. The Hall–Kier alpha value is -0.270. The number of carbonyl (C=O) groups excluding carboxylic acids is 1. The van der Waals surface area contributed by atoms with E-state index >= 15 is 0 Å². The highest BCUT2D eigenvalue weighted by Crippen LogP contribution is 2.27. The fourth-order valence-electron chi connectivity index (χ4n) is 2.89. The lowest BCUT2D eigenvalue weighted by Gasteiger charge is -2.37. The molecule has 0 radical (unpaired) electrons. The van der Waals surface area contributed by atoms with Crippen LogP contribution in [-0.4, -0.2) is 54.1 Å². The summed E-state index contributed by atoms with van der Waals surface area (Å²) >= 11 is 3.61. The Morgan fingerprint density at radius 1 is 1.50 bits per heavy atom. The zero-order valence-corrected chi connectivity index (χ0v) is 15.1. The highest BCUT2D eigenvalue weighted by molar-refractivity contribution is 7.99. The Balaban J connectivity index is 0.00000176. The Labute approximate surface area is 146 Å². The van der Waals surface area contributed by atoms with Gasteiger partial charge in [-0.2, -0.15) is 23.1 Å². The van der Waals surface area contributed by atoms with E-state index in [1.54, 1.807) is 11.3 Å². The van der Waals surface area contributed by atoms with Crippen molar-refractivity contribution in [3.8, 4) is 0 Å². The van der Waals surface area contributed by atoms with Crippen LogP contribution < -0.4 is 5.32 Å². The van der Waals surface area contributed by atoms with Crippen molar-refractivity contribution in [2.75, 3.05) is 31.1 Å². The number of carbonyl (C=O) groups is 1. The van der Waals surface area contributed by atoms with E-state index in [1.807, 2.05) is 23.6 Å². The summed E-state index contributed by atoms with van der Waals surface area (Å²) in [5, 5.41) is 7.62. The highest BCUT2D eigenvalue weighted by Gasteiger charge is 2.30. The van der Waals surface area contributed by atoms with E-state index in [4.69, 9.17) is 4.74 Å². The van der Waals surface area contributed by atoms with Crippen LogP contribution in [-0.2, 0) is 9.53 Å². The minimum absolute atomic E-state index is 0. The van der Waals surface area contributed by atoms with E-state index in [-0.39, 0.29) is 30.5 Å². The molecular weight excluding hydrogens is 340 g/mol. The summed E-state index contributed by atoms with van der Waals surface area (Å²) in [5.74, 6) is 2.45. The molecule has 1 amide bonds. The van der Waals surface area contributed by atoms with Gasteiger partial charge in [-0.25, -0.2) is 0 Å². The van der Waals surface area contributed by atoms with Gasteiger partial charge in [0.2, 0.25) is 5.91 Å². The summed E-state index contributed by atoms with van der Waals surface area (Å²) in [6.45, 7) is 4.45. The minimum Gasteiger partial charge on any atom is -0.367 e. The summed E-state index contributed by atoms with van der Waals surface area (Å²) in [6.07, 6.45) is 0.731. The van der Waals surface area contributed by atoms with E-state index in [2.05, 4.69) is 22.1 Å². The summed E-state index contributed by atoms with van der Waals surface area (Å²) in [7, 11) is 0. The van der Waals surface area contributed by atoms with Gasteiger partial charge in [0.1, 0.15) is 6.10 Å². The van der Waals surface area contributed by atoms with Crippen LogP contribution >= 0.6 is 35.5 Å². The molecule has 4 nitrogen and oxygen atoms in total. The number of hydrogen-bond donors (Lipinski definition) is 1. The zero-order chi connectivity index (χ0) is 14.7. The number of amides is 1. The third kappa shape index (κ3) is 4.61. The van der Waals surface area contributed by atoms with E-state index in [0.717, 1.165) is 18.1 Å². The van der Waals surface area contributed by atoms with Gasteiger partial charge in [0.25, 0.3) is 0 Å². The van der Waals surface area contributed by atoms with Crippen molar-refractivity contribution in [2.45, 2.75) is 31.6 Å². The fourth-order valence-corrected chi connectivity index (χ4v) is 4.54. The van der Waals surface area contributed by atoms with Gasteiger partial charge in [-0.3, -0.25) is 4.79 Å². The van der Waals surface area contributed by atoms with Crippen molar-refractivity contribution in [3.05, 3.63) is 22.4 Å². The number of rotatable bonds is 3. The second kappa shape index (κ2) is 8.55. The van der Waals surface area contributed by atoms with Gasteiger partial charge in [0, 0.05) is 37.1 Å². The molecule has 0 aliphatic carbocycles. The number of nitrogens with zero attached hydrogens (tertiary/aromatic N) is 1. The van der Waals surface area contributed by atoms with E-state index in [9.17, 15) is 4.79 Å². The molecule has 22 heavy (non-hydrogen) atoms. The van der Waals surface area contributed by atoms with Crippen molar-refractivity contribution in [3.63, 3.8) is 0 Å². The minimum atomic E-state index is 0. The van der Waals surface area contributed by atoms with Gasteiger partial charge in [-0.05, 0) is 29.3 Å². The summed E-state index contributed by atoms with van der Waals surface area (Å²) in [4.78, 5) is 14.5. The predicted octanol–water partition coefficient (Wildman–Crippen LogP) is 2.55. The van der Waals surface area contributed by atoms with E-state index < -0.39 is 0 Å². The molecule has 2 fully saturated rings. The molecule has 0 bridgehead atoms. The van der Waals surface area contributed by atoms with Crippen LogP contribution in [0.1, 0.15) is 25.0 Å². The average molecular weight is 363 g/mol. The van der Waals surface area contributed by atoms with Crippen molar-refractivity contribution in [2.24, 2.45) is 0 Å². The zero-order valence-electron chi connectivity index (χ0n) is 12.7. The number of morpholine rings is 1. The van der Waals surface area contributed by atoms with E-state index in [0.29, 0.717) is 25.6 Å². The Morgan fingerprint density at radius 3 is 3.05 bits per heavy atom. The second-order valence-electron chi connectivity index (χ2n) is 5.72. The largest absolute Gasteiger partial charge is 0.367 e. The normalized spacial score (nSPS) is 29.0. The van der Waals surface area contributed by atoms with Crippen molar-refractivity contribution >= 4 is 41.4 Å². The van der Waals surface area contributed by atoms with Crippen molar-refractivity contribution < 1.29 is 9.53 Å². The molecule has 7 heteroatoms. The molecule has 3 rings (SSSR count). The first-order valence-electron chi connectivity index (χ1n) is 7.49. The van der Waals surface area contributed by atoms with Crippen LogP contribution in [0.15, 0.2) is 16.8 Å². The number of halogens is 1. The first-order chi connectivity index (χ1) is 10.2. The first kappa shape index (κ1) is 18.1. The molecule has 1 aromatic heterocycles. The van der Waals surface area contributed by atoms with Crippen LogP contribution in [0.5, 0.6) is 0 Å². The summed E-state index contributed by atoms with van der Waals surface area (Å²) in [5.41, 5.74) is 1.19. The average Bonchev–Trinajstić information content (AvgIpc) is 3.02. The third-order valence-electron chi connectivity index (χ3n) is 3.95. The maximum Gasteiger partial charge on any atom is 0.224 e. The monoisotopic (exact) mass is 362 g/mol. The lowest BCUT2D eigenvalue weighted by molar-refractivity contribution is -0.145. The van der Waals surface area contributed by atoms with Crippen LogP contribution in [0, 0.1) is 0 Å². The smallest absolute Gasteiger partial charge is 0.224 e. The standard InChI is InChI=1S/C15H22N2O2S2.ClH/c1-11-7-17(8-14(19-11)12-2-4-20-9-12)15(18)6-13-10-21-5-3-16-13;/h2,4,9,11,13-14,16H,3,5-8,10H2,1H3;1H. The van der Waals surface area contributed by atoms with Gasteiger partial charge in [-0.15, -0.1) is 12.4 Å². The maximum absolute atomic E-state index is 12.6. The molecular formula is C15H23ClN2O2S2. The Kier molecular flexibility index (Phi) is 7.02. The van der Waals surface area contributed by atoms with Crippen LogP contribution in [0.25, 0.3) is 0 Å². The lowest BCUT2D eigenvalue weighted by Crippen LogP contribution is -2.48. The number of hydrogen-bond acceptors (Lipinski definition) is 5. The second-order valence-corrected chi connectivity index (χ2v) is 7.65. The van der Waals surface area contributed by atoms with Gasteiger partial charge in [0.05, 0.1) is 12.6 Å². The molecule has 2 aliphatic rings. The third-order valence-corrected chi connectivity index (χ3v) is 5.78. The Morgan fingerprint density at radius 2 is 2.36 bits per heavy atom. The molecule has 1 N–H and O–H groups in total. The number of thiophene rings is 1. The Bertz CT molecular complexity index is 466. The van der Waals surface area contributed by atoms with Crippen LogP contribution in [0.2, 0.25) is 0 Å². The van der Waals surface area contributed by atoms with Crippen LogP contribution in [0.3, 0.4) is 0 Å². The molecule has 2 aliphatic heterocycles. The quantitative estimate of drug-likeness (QED) is 0.897. The highest BCUT2D eigenvalue weighted by atomic mass is 35.5. The lowest BCUT2D eigenvalue weighted by atomic mass is 10.1. The van der Waals surface area contributed by atoms with Gasteiger partial charge in [0.15, 0.2) is 0 Å². The van der Waals surface area contributed by atoms with Crippen LogP contribution in [0.4, 0.5) is 0 Å². The summed E-state index contributed by atoms with van der Waals surface area (Å²) < 4.78 is 5.99. The molecule has 3 heterocycles. The number of ether oxygens (including phenoxy) is 1. The first-order valence-corrected chi connectivity index (χ1v) is 9.58. The number of thioether (sulfide) groups is 1.